The number of aliphatic hydroxyl groups is 2. The predicted octanol–water partition coefficient (Wildman–Crippen LogP) is 0.472. The lowest BCUT2D eigenvalue weighted by Crippen LogP contribution is -2.40. The lowest BCUT2D eigenvalue weighted by atomic mass is 10.0. The summed E-state index contributed by atoms with van der Waals surface area (Å²) in [6.07, 6.45) is -1.13. The Morgan fingerprint density at radius 1 is 0.818 bits per heavy atom. The molecule has 0 aliphatic rings. The van der Waals surface area contributed by atoms with Crippen LogP contribution in [0.15, 0.2) is 20.2 Å². The number of aliphatic imine (C=N–C) groups is 2. The minimum atomic E-state index is -0.809. The predicted molar refractivity (Wildman–Crippen MR) is 89.4 cm³/mol. The van der Waals surface area contributed by atoms with Gasteiger partial charge in [-0.15, -0.1) is 0 Å². The van der Waals surface area contributed by atoms with E-state index in [1.807, 2.05) is 0 Å². The third-order valence-corrected chi connectivity index (χ3v) is 2.86. The molecule has 0 aromatic heterocycles. The van der Waals surface area contributed by atoms with Gasteiger partial charge in [-0.25, -0.2) is 0 Å². The van der Waals surface area contributed by atoms with Gasteiger partial charge in [0, 0.05) is 0 Å². The topological polar surface area (TPSA) is 142 Å². The lowest BCUT2D eigenvalue weighted by Gasteiger charge is -2.23. The maximum atomic E-state index is 9.23. The Hall–Kier alpha value is -1.54. The van der Waals surface area contributed by atoms with Gasteiger partial charge in [-0.1, -0.05) is 0 Å². The van der Waals surface area contributed by atoms with Crippen LogP contribution in [0.25, 0.3) is 0 Å². The van der Waals surface area contributed by atoms with Crippen LogP contribution in [0.5, 0.6) is 0 Å². The summed E-state index contributed by atoms with van der Waals surface area (Å²) in [6.45, 7) is 10.8. The van der Waals surface area contributed by atoms with Gasteiger partial charge in [0.1, 0.15) is 22.7 Å². The summed E-state index contributed by atoms with van der Waals surface area (Å²) in [5.74, 6) is 0.569. The van der Waals surface area contributed by atoms with Crippen molar-refractivity contribution in [3.8, 4) is 0 Å². The van der Waals surface area contributed by atoms with Gasteiger partial charge in [-0.05, 0) is 41.5 Å². The second-order valence-electron chi connectivity index (χ2n) is 6.47. The van der Waals surface area contributed by atoms with Crippen LogP contribution < -0.4 is 11.5 Å². The maximum Gasteiger partial charge on any atom is 0.132 e. The van der Waals surface area contributed by atoms with Crippen LogP contribution in [-0.2, 0) is 0 Å². The van der Waals surface area contributed by atoms with E-state index in [4.69, 9.17) is 11.5 Å². The van der Waals surface area contributed by atoms with Gasteiger partial charge >= 0.3 is 0 Å². The molecular weight excluding hydrogens is 284 g/mol. The molecule has 0 aliphatic carbocycles. The fraction of sp³-hybridized carbons (Fsp3) is 0.857. The fourth-order valence-corrected chi connectivity index (χ4v) is 1.20. The number of rotatable bonds is 8. The fourth-order valence-electron chi connectivity index (χ4n) is 1.20. The lowest BCUT2D eigenvalue weighted by molar-refractivity contribution is 0.203. The van der Waals surface area contributed by atoms with E-state index in [1.54, 1.807) is 41.5 Å². The normalized spacial score (nSPS) is 17.8. The molecule has 0 bridgehead atoms. The van der Waals surface area contributed by atoms with Crippen LogP contribution in [0, 0.1) is 0 Å². The molecule has 8 nitrogen and oxygen atoms in total. The van der Waals surface area contributed by atoms with E-state index >= 15 is 0 Å². The Morgan fingerprint density at radius 3 is 1.32 bits per heavy atom. The van der Waals surface area contributed by atoms with Crippen LogP contribution >= 0.6 is 0 Å². The van der Waals surface area contributed by atoms with E-state index < -0.39 is 23.3 Å². The number of nitrogens with zero attached hydrogens (tertiary/aromatic N) is 4. The quantitative estimate of drug-likeness (QED) is 0.293. The average Bonchev–Trinajstić information content (AvgIpc) is 2.39. The molecule has 0 rings (SSSR count). The first-order chi connectivity index (χ1) is 9.88. The molecule has 0 saturated heterocycles. The third-order valence-electron chi connectivity index (χ3n) is 2.86. The van der Waals surface area contributed by atoms with Crippen LogP contribution in [0.1, 0.15) is 41.5 Å². The molecule has 6 N–H and O–H groups in total. The van der Waals surface area contributed by atoms with Gasteiger partial charge in [0.2, 0.25) is 0 Å². The molecule has 0 aliphatic heterocycles. The Morgan fingerprint density at radius 2 is 1.09 bits per heavy atom. The van der Waals surface area contributed by atoms with Gasteiger partial charge in [0.25, 0.3) is 0 Å². The highest BCUT2D eigenvalue weighted by molar-refractivity contribution is 5.90. The van der Waals surface area contributed by atoms with Crippen molar-refractivity contribution >= 4 is 11.7 Å². The number of hydrogen-bond acceptors (Lipinski definition) is 6. The highest BCUT2D eigenvalue weighted by Gasteiger charge is 2.27. The molecule has 0 fully saturated rings. The van der Waals surface area contributed by atoms with Gasteiger partial charge in [0.15, 0.2) is 0 Å². The summed E-state index contributed by atoms with van der Waals surface area (Å²) in [5.41, 5.74) is 10.2. The van der Waals surface area contributed by atoms with E-state index in [2.05, 4.69) is 20.2 Å². The first-order valence-corrected chi connectivity index (χ1v) is 7.29. The molecule has 0 spiro atoms. The number of aliphatic hydroxyl groups excluding tert-OH is 2. The van der Waals surface area contributed by atoms with Gasteiger partial charge in [-0.3, -0.25) is 9.98 Å². The number of amidine groups is 2. The van der Waals surface area contributed by atoms with Crippen molar-refractivity contribution in [2.24, 2.45) is 31.7 Å². The van der Waals surface area contributed by atoms with Crippen molar-refractivity contribution in [1.82, 2.24) is 0 Å². The molecular formula is C14H30N6O2. The smallest absolute Gasteiger partial charge is 0.132 e. The maximum absolute atomic E-state index is 9.23. The summed E-state index contributed by atoms with van der Waals surface area (Å²) in [4.78, 5) is 8.19. The Labute approximate surface area is 132 Å². The van der Waals surface area contributed by atoms with Crippen molar-refractivity contribution < 1.29 is 10.2 Å². The van der Waals surface area contributed by atoms with Crippen molar-refractivity contribution in [2.75, 3.05) is 13.1 Å². The Kier molecular flexibility index (Phi) is 7.61. The second kappa shape index (κ2) is 8.19. The van der Waals surface area contributed by atoms with E-state index in [9.17, 15) is 10.2 Å². The summed E-state index contributed by atoms with van der Waals surface area (Å²) < 4.78 is 0. The first-order valence-electron chi connectivity index (χ1n) is 7.29. The highest BCUT2D eigenvalue weighted by atomic mass is 16.3. The first kappa shape index (κ1) is 20.5. The van der Waals surface area contributed by atoms with Crippen LogP contribution in [0.2, 0.25) is 0 Å². The van der Waals surface area contributed by atoms with Gasteiger partial charge in [0.05, 0.1) is 25.3 Å². The zero-order valence-electron chi connectivity index (χ0n) is 14.4. The summed E-state index contributed by atoms with van der Waals surface area (Å²) in [7, 11) is 0. The molecule has 2 atom stereocenters. The molecule has 0 saturated carbocycles. The summed E-state index contributed by atoms with van der Waals surface area (Å²) >= 11 is 0. The Balaban J connectivity index is 5.05. The summed E-state index contributed by atoms with van der Waals surface area (Å²) in [5, 5.41) is 26.9. The van der Waals surface area contributed by atoms with E-state index in [1.165, 1.54) is 0 Å². The van der Waals surface area contributed by atoms with E-state index in [0.717, 1.165) is 0 Å². The van der Waals surface area contributed by atoms with Crippen molar-refractivity contribution in [3.05, 3.63) is 0 Å². The largest absolute Gasteiger partial charge is 0.391 e. The molecule has 128 valence electrons. The molecule has 22 heavy (non-hydrogen) atoms. The van der Waals surface area contributed by atoms with Gasteiger partial charge < -0.3 is 21.7 Å². The van der Waals surface area contributed by atoms with Crippen LogP contribution in [-0.4, -0.2) is 58.3 Å². The monoisotopic (exact) mass is 314 g/mol. The third kappa shape index (κ3) is 7.46. The SMILES string of the molecule is CC(O)CN=C(N)C(C)(C)N=NC(C)(C)C(N)=NCC(C)O. The molecule has 0 aromatic rings. The molecule has 2 unspecified atom stereocenters. The highest BCUT2D eigenvalue weighted by Crippen LogP contribution is 2.16. The minimum Gasteiger partial charge on any atom is -0.391 e. The molecule has 0 amide bonds. The standard InChI is InChI=1S/C14H30N6O2/c1-9(21)7-17-11(15)13(3,4)19-20-14(5,6)12(16)18-8-10(2)22/h9-10,21-22H,7-8H2,1-6H3,(H2,15,17)(H2,16,18). The van der Waals surface area contributed by atoms with E-state index in [-0.39, 0.29) is 24.8 Å². The zero-order valence-corrected chi connectivity index (χ0v) is 14.4. The van der Waals surface area contributed by atoms with Crippen LogP contribution in [0.4, 0.5) is 0 Å². The molecule has 8 heteroatoms. The molecule has 0 radical (unpaired) electrons. The summed E-state index contributed by atoms with van der Waals surface area (Å²) in [6, 6.07) is 0. The number of azo groups is 1. The van der Waals surface area contributed by atoms with Crippen LogP contribution in [0.3, 0.4) is 0 Å². The van der Waals surface area contributed by atoms with E-state index in [0.29, 0.717) is 0 Å². The Bertz CT molecular complexity index is 399. The van der Waals surface area contributed by atoms with Crippen molar-refractivity contribution in [1.29, 1.82) is 0 Å². The molecule has 0 heterocycles. The second-order valence-corrected chi connectivity index (χ2v) is 6.47. The zero-order chi connectivity index (χ0) is 17.6. The minimum absolute atomic E-state index is 0.214. The van der Waals surface area contributed by atoms with Crippen molar-refractivity contribution in [3.63, 3.8) is 0 Å². The number of hydrogen-bond donors (Lipinski definition) is 4. The average molecular weight is 314 g/mol. The molecule has 0 aromatic carbocycles. The van der Waals surface area contributed by atoms with Crippen molar-refractivity contribution in [2.45, 2.75) is 64.8 Å². The van der Waals surface area contributed by atoms with Gasteiger partial charge in [-0.2, -0.15) is 10.2 Å². The number of nitrogens with two attached hydrogens (primary N) is 2.